The second kappa shape index (κ2) is 5.27. The van der Waals surface area contributed by atoms with Crippen molar-refractivity contribution in [1.29, 1.82) is 0 Å². The fourth-order valence-corrected chi connectivity index (χ4v) is 2.20. The van der Waals surface area contributed by atoms with Gasteiger partial charge in [0.2, 0.25) is 0 Å². The molecule has 2 rings (SSSR count). The van der Waals surface area contributed by atoms with E-state index >= 15 is 0 Å². The van der Waals surface area contributed by atoms with Crippen molar-refractivity contribution in [2.45, 2.75) is 31.9 Å². The van der Waals surface area contributed by atoms with Gasteiger partial charge < -0.3 is 20.9 Å². The molecule has 1 fully saturated rings. The van der Waals surface area contributed by atoms with Crippen LogP contribution in [0.25, 0.3) is 0 Å². The van der Waals surface area contributed by atoms with Crippen molar-refractivity contribution in [2.75, 3.05) is 17.7 Å². The smallest absolute Gasteiger partial charge is 0.337 e. The van der Waals surface area contributed by atoms with Crippen LogP contribution in [0.15, 0.2) is 18.2 Å². The lowest BCUT2D eigenvalue weighted by Gasteiger charge is -2.22. The molecule has 5 nitrogen and oxygen atoms in total. The van der Waals surface area contributed by atoms with Crippen molar-refractivity contribution in [2.24, 2.45) is 0 Å². The number of rotatable bonds is 4. The second-order valence-electron chi connectivity index (χ2n) is 4.59. The van der Waals surface area contributed by atoms with Gasteiger partial charge in [0.25, 0.3) is 0 Å². The molecule has 0 saturated carbocycles. The van der Waals surface area contributed by atoms with Crippen LogP contribution in [0, 0.1) is 0 Å². The maximum absolute atomic E-state index is 11.1. The highest BCUT2D eigenvalue weighted by molar-refractivity contribution is 5.95. The van der Waals surface area contributed by atoms with Gasteiger partial charge in [-0.05, 0) is 38.0 Å². The van der Waals surface area contributed by atoms with Gasteiger partial charge in [-0.2, -0.15) is 0 Å². The van der Waals surface area contributed by atoms with Gasteiger partial charge >= 0.3 is 5.97 Å². The molecule has 4 N–H and O–H groups in total. The fourth-order valence-electron chi connectivity index (χ4n) is 2.20. The van der Waals surface area contributed by atoms with Gasteiger partial charge in [0.05, 0.1) is 17.4 Å². The van der Waals surface area contributed by atoms with E-state index in [1.54, 1.807) is 12.1 Å². The van der Waals surface area contributed by atoms with Crippen LogP contribution < -0.4 is 11.1 Å². The number of nitrogen functional groups attached to an aromatic ring is 1. The fraction of sp³-hybridized carbons (Fsp3) is 0.462. The standard InChI is InChI=1S/C13H18N2O3/c1-8(12-3-2-6-18-12)15-11-7-9(14)4-5-10(11)13(16)17/h4-5,7-8,12,15H,2-3,6,14H2,1H3,(H,16,17). The van der Waals surface area contributed by atoms with Crippen molar-refractivity contribution < 1.29 is 14.6 Å². The highest BCUT2D eigenvalue weighted by atomic mass is 16.5. The molecule has 1 aliphatic heterocycles. The number of carbonyl (C=O) groups is 1. The van der Waals surface area contributed by atoms with Gasteiger partial charge in [-0.1, -0.05) is 0 Å². The van der Waals surface area contributed by atoms with Crippen LogP contribution in [0.1, 0.15) is 30.1 Å². The van der Waals surface area contributed by atoms with Crippen LogP contribution in [0.2, 0.25) is 0 Å². The van der Waals surface area contributed by atoms with Crippen LogP contribution in [-0.2, 0) is 4.74 Å². The molecule has 0 amide bonds. The average Bonchev–Trinajstić information content (AvgIpc) is 2.81. The molecule has 0 bridgehead atoms. The number of aromatic carboxylic acids is 1. The molecule has 0 aliphatic carbocycles. The number of anilines is 2. The molecular formula is C13H18N2O3. The number of nitrogens with two attached hydrogens (primary N) is 1. The largest absolute Gasteiger partial charge is 0.478 e. The molecule has 18 heavy (non-hydrogen) atoms. The number of carboxylic acid groups (broad SMARTS) is 1. The topological polar surface area (TPSA) is 84.6 Å². The minimum absolute atomic E-state index is 0.0624. The Kier molecular flexibility index (Phi) is 3.72. The van der Waals surface area contributed by atoms with Crippen molar-refractivity contribution in [1.82, 2.24) is 0 Å². The summed E-state index contributed by atoms with van der Waals surface area (Å²) in [5.41, 5.74) is 7.01. The van der Waals surface area contributed by atoms with Crippen molar-refractivity contribution in [3.05, 3.63) is 23.8 Å². The lowest BCUT2D eigenvalue weighted by Crippen LogP contribution is -2.30. The van der Waals surface area contributed by atoms with Crippen LogP contribution in [0.4, 0.5) is 11.4 Å². The maximum atomic E-state index is 11.1. The summed E-state index contributed by atoms with van der Waals surface area (Å²) in [6.45, 7) is 2.77. The Morgan fingerprint density at radius 1 is 1.61 bits per heavy atom. The maximum Gasteiger partial charge on any atom is 0.337 e. The monoisotopic (exact) mass is 250 g/mol. The first kappa shape index (κ1) is 12.7. The molecule has 2 atom stereocenters. The average molecular weight is 250 g/mol. The minimum atomic E-state index is -0.961. The Morgan fingerprint density at radius 2 is 2.39 bits per heavy atom. The quantitative estimate of drug-likeness (QED) is 0.711. The molecule has 1 aliphatic rings. The van der Waals surface area contributed by atoms with Gasteiger partial charge in [0, 0.05) is 18.3 Å². The lowest BCUT2D eigenvalue weighted by molar-refractivity contribution is 0.0697. The summed E-state index contributed by atoms with van der Waals surface area (Å²) in [6.07, 6.45) is 2.19. The summed E-state index contributed by atoms with van der Waals surface area (Å²) in [4.78, 5) is 11.1. The third-order valence-electron chi connectivity index (χ3n) is 3.18. The molecule has 1 aromatic carbocycles. The number of nitrogens with one attached hydrogen (secondary N) is 1. The van der Waals surface area contributed by atoms with Crippen LogP contribution in [-0.4, -0.2) is 29.8 Å². The van der Waals surface area contributed by atoms with E-state index in [0.717, 1.165) is 19.4 Å². The molecule has 0 spiro atoms. The van der Waals surface area contributed by atoms with E-state index in [4.69, 9.17) is 15.6 Å². The highest BCUT2D eigenvalue weighted by Crippen LogP contribution is 2.23. The summed E-state index contributed by atoms with van der Waals surface area (Å²) in [5, 5.41) is 12.3. The summed E-state index contributed by atoms with van der Waals surface area (Å²) in [5.74, 6) is -0.961. The first-order chi connectivity index (χ1) is 8.58. The van der Waals surface area contributed by atoms with Crippen LogP contribution >= 0.6 is 0 Å². The van der Waals surface area contributed by atoms with E-state index < -0.39 is 5.97 Å². The lowest BCUT2D eigenvalue weighted by atomic mass is 10.1. The Labute approximate surface area is 106 Å². The summed E-state index contributed by atoms with van der Waals surface area (Å²) in [6, 6.07) is 4.81. The summed E-state index contributed by atoms with van der Waals surface area (Å²) in [7, 11) is 0. The Bertz CT molecular complexity index is 442. The van der Waals surface area contributed by atoms with E-state index in [2.05, 4.69) is 5.32 Å². The number of ether oxygens (including phenoxy) is 1. The number of hydrogen-bond acceptors (Lipinski definition) is 4. The van der Waals surface area contributed by atoms with Gasteiger partial charge in [0.15, 0.2) is 0 Å². The summed E-state index contributed by atoms with van der Waals surface area (Å²) >= 11 is 0. The molecule has 1 saturated heterocycles. The molecular weight excluding hydrogens is 232 g/mol. The third kappa shape index (κ3) is 2.73. The molecule has 2 unspecified atom stereocenters. The molecule has 98 valence electrons. The van der Waals surface area contributed by atoms with Gasteiger partial charge in [-0.15, -0.1) is 0 Å². The first-order valence-electron chi connectivity index (χ1n) is 6.09. The van der Waals surface area contributed by atoms with E-state index in [-0.39, 0.29) is 17.7 Å². The van der Waals surface area contributed by atoms with E-state index in [1.165, 1.54) is 6.07 Å². The zero-order valence-electron chi connectivity index (χ0n) is 10.3. The summed E-state index contributed by atoms with van der Waals surface area (Å²) < 4.78 is 5.58. The van der Waals surface area contributed by atoms with Gasteiger partial charge in [0.1, 0.15) is 0 Å². The SMILES string of the molecule is CC(Nc1cc(N)ccc1C(=O)O)C1CCCO1. The number of carboxylic acids is 1. The highest BCUT2D eigenvalue weighted by Gasteiger charge is 2.23. The van der Waals surface area contributed by atoms with Crippen molar-refractivity contribution in [3.63, 3.8) is 0 Å². The van der Waals surface area contributed by atoms with E-state index in [1.807, 2.05) is 6.92 Å². The molecule has 0 radical (unpaired) electrons. The second-order valence-corrected chi connectivity index (χ2v) is 4.59. The Morgan fingerprint density at radius 3 is 3.00 bits per heavy atom. The van der Waals surface area contributed by atoms with Crippen molar-refractivity contribution in [3.8, 4) is 0 Å². The van der Waals surface area contributed by atoms with Gasteiger partial charge in [-0.25, -0.2) is 4.79 Å². The zero-order valence-corrected chi connectivity index (χ0v) is 10.3. The molecule has 0 aromatic heterocycles. The Balaban J connectivity index is 2.16. The number of benzene rings is 1. The normalized spacial score (nSPS) is 20.6. The molecule has 1 aromatic rings. The minimum Gasteiger partial charge on any atom is -0.478 e. The first-order valence-corrected chi connectivity index (χ1v) is 6.09. The van der Waals surface area contributed by atoms with Crippen LogP contribution in [0.3, 0.4) is 0 Å². The predicted octanol–water partition coefficient (Wildman–Crippen LogP) is 1.95. The Hall–Kier alpha value is -1.75. The zero-order chi connectivity index (χ0) is 13.1. The van der Waals surface area contributed by atoms with Gasteiger partial charge in [-0.3, -0.25) is 0 Å². The third-order valence-corrected chi connectivity index (χ3v) is 3.18. The number of hydrogen-bond donors (Lipinski definition) is 3. The van der Waals surface area contributed by atoms with E-state index in [0.29, 0.717) is 11.4 Å². The predicted molar refractivity (Wildman–Crippen MR) is 69.9 cm³/mol. The van der Waals surface area contributed by atoms with Crippen LogP contribution in [0.5, 0.6) is 0 Å². The van der Waals surface area contributed by atoms with E-state index in [9.17, 15) is 4.79 Å². The van der Waals surface area contributed by atoms with Crippen molar-refractivity contribution >= 4 is 17.3 Å². The molecule has 1 heterocycles. The molecule has 5 heteroatoms.